The van der Waals surface area contributed by atoms with Gasteiger partial charge in [0.2, 0.25) is 0 Å². The first kappa shape index (κ1) is 8.34. The zero-order valence-corrected chi connectivity index (χ0v) is 7.51. The van der Waals surface area contributed by atoms with Crippen LogP contribution in [-0.4, -0.2) is 11.7 Å². The van der Waals surface area contributed by atoms with Gasteiger partial charge in [-0.15, -0.1) is 0 Å². The number of benzene rings is 1. The molecule has 1 aliphatic rings. The van der Waals surface area contributed by atoms with E-state index in [9.17, 15) is 0 Å². The highest BCUT2D eigenvalue weighted by Gasteiger charge is 2.11. The molecule has 1 aromatic carbocycles. The lowest BCUT2D eigenvalue weighted by molar-refractivity contribution is 0.305. The molecule has 0 bridgehead atoms. The minimum atomic E-state index is 0.151. The van der Waals surface area contributed by atoms with Crippen LogP contribution >= 0.6 is 0 Å². The van der Waals surface area contributed by atoms with Gasteiger partial charge in [-0.05, 0) is 36.1 Å². The molecule has 0 saturated carbocycles. The summed E-state index contributed by atoms with van der Waals surface area (Å²) in [5, 5.41) is 8.55. The van der Waals surface area contributed by atoms with Crippen molar-refractivity contribution in [2.24, 2.45) is 0 Å². The van der Waals surface area contributed by atoms with Gasteiger partial charge in [0.1, 0.15) is 0 Å². The third-order valence-corrected chi connectivity index (χ3v) is 2.34. The summed E-state index contributed by atoms with van der Waals surface area (Å²) in [6.07, 6.45) is 2.99. The molecular formula is C12H12O. The van der Waals surface area contributed by atoms with E-state index in [2.05, 4.69) is 30.0 Å². The van der Waals surface area contributed by atoms with E-state index >= 15 is 0 Å². The van der Waals surface area contributed by atoms with Crippen molar-refractivity contribution in [3.8, 4) is 11.8 Å². The molecule has 0 aromatic heterocycles. The van der Waals surface area contributed by atoms with Crippen LogP contribution < -0.4 is 0 Å². The molecule has 0 fully saturated rings. The van der Waals surface area contributed by atoms with E-state index in [4.69, 9.17) is 5.11 Å². The van der Waals surface area contributed by atoms with E-state index < -0.39 is 0 Å². The van der Waals surface area contributed by atoms with Crippen LogP contribution in [-0.2, 0) is 12.8 Å². The second-order valence-corrected chi connectivity index (χ2v) is 3.26. The fraction of sp³-hybridized carbons (Fsp3) is 0.333. The largest absolute Gasteiger partial charge is 0.395 e. The molecular weight excluding hydrogens is 160 g/mol. The van der Waals surface area contributed by atoms with Gasteiger partial charge in [-0.3, -0.25) is 0 Å². The van der Waals surface area contributed by atoms with Gasteiger partial charge in [0, 0.05) is 12.0 Å². The Hall–Kier alpha value is -1.26. The van der Waals surface area contributed by atoms with Gasteiger partial charge in [0.25, 0.3) is 0 Å². The Morgan fingerprint density at radius 3 is 2.69 bits per heavy atom. The van der Waals surface area contributed by atoms with Crippen LogP contribution in [0.1, 0.15) is 23.1 Å². The highest BCUT2D eigenvalue weighted by molar-refractivity contribution is 5.44. The van der Waals surface area contributed by atoms with Crippen molar-refractivity contribution in [2.75, 3.05) is 6.61 Å². The Labute approximate surface area is 78.4 Å². The van der Waals surface area contributed by atoms with E-state index in [1.807, 2.05) is 0 Å². The van der Waals surface area contributed by atoms with Crippen LogP contribution in [0.4, 0.5) is 0 Å². The predicted molar refractivity (Wildman–Crippen MR) is 52.4 cm³/mol. The van der Waals surface area contributed by atoms with Gasteiger partial charge in [-0.25, -0.2) is 0 Å². The van der Waals surface area contributed by atoms with Gasteiger partial charge in [-0.1, -0.05) is 17.9 Å². The molecule has 0 saturated heterocycles. The first-order chi connectivity index (χ1) is 6.40. The smallest absolute Gasteiger partial charge is 0.0540 e. The number of aryl methyl sites for hydroxylation is 2. The minimum absolute atomic E-state index is 0.151. The molecule has 0 atom stereocenters. The number of hydrogen-bond donors (Lipinski definition) is 1. The van der Waals surface area contributed by atoms with E-state index in [-0.39, 0.29) is 6.61 Å². The van der Waals surface area contributed by atoms with Crippen molar-refractivity contribution in [1.29, 1.82) is 0 Å². The summed E-state index contributed by atoms with van der Waals surface area (Å²) in [5.41, 5.74) is 3.98. The van der Waals surface area contributed by atoms with Crippen molar-refractivity contribution in [2.45, 2.75) is 19.3 Å². The molecule has 1 aromatic rings. The van der Waals surface area contributed by atoms with Crippen LogP contribution in [0.2, 0.25) is 0 Å². The molecule has 0 radical (unpaired) electrons. The number of aliphatic hydroxyl groups excluding tert-OH is 1. The monoisotopic (exact) mass is 172 g/mol. The van der Waals surface area contributed by atoms with Crippen LogP contribution in [0.15, 0.2) is 18.2 Å². The summed E-state index contributed by atoms with van der Waals surface area (Å²) in [5.74, 6) is 5.96. The molecule has 1 nitrogen and oxygen atoms in total. The third kappa shape index (κ3) is 1.74. The minimum Gasteiger partial charge on any atom is -0.395 e. The van der Waals surface area contributed by atoms with Crippen molar-refractivity contribution in [3.05, 3.63) is 34.9 Å². The Bertz CT molecular complexity index is 368. The van der Waals surface area contributed by atoms with Crippen molar-refractivity contribution >= 4 is 0 Å². The third-order valence-electron chi connectivity index (χ3n) is 2.34. The van der Waals surface area contributed by atoms with Gasteiger partial charge < -0.3 is 5.11 Å². The number of fused-ring (bicyclic) bond motifs is 1. The average Bonchev–Trinajstić information content (AvgIpc) is 2.10. The first-order valence-electron chi connectivity index (χ1n) is 4.61. The molecule has 0 amide bonds. The van der Waals surface area contributed by atoms with Gasteiger partial charge in [0.15, 0.2) is 0 Å². The van der Waals surface area contributed by atoms with E-state index in [1.165, 1.54) is 24.0 Å². The number of aliphatic hydroxyl groups is 1. The Balaban J connectivity index is 2.14. The molecule has 1 N–H and O–H groups in total. The van der Waals surface area contributed by atoms with E-state index in [0.29, 0.717) is 6.42 Å². The summed E-state index contributed by atoms with van der Waals surface area (Å²) in [6.45, 7) is 0.151. The van der Waals surface area contributed by atoms with E-state index in [0.717, 1.165) is 5.56 Å². The summed E-state index contributed by atoms with van der Waals surface area (Å²) < 4.78 is 0. The fourth-order valence-corrected chi connectivity index (χ4v) is 1.49. The lowest BCUT2D eigenvalue weighted by Crippen LogP contribution is -2.07. The van der Waals surface area contributed by atoms with Crippen LogP contribution in [0.25, 0.3) is 0 Å². The van der Waals surface area contributed by atoms with Crippen molar-refractivity contribution in [1.82, 2.24) is 0 Å². The lowest BCUT2D eigenvalue weighted by Gasteiger charge is -2.17. The molecule has 1 aliphatic carbocycles. The first-order valence-corrected chi connectivity index (χ1v) is 4.61. The predicted octanol–water partition coefficient (Wildman–Crippen LogP) is 1.52. The average molecular weight is 172 g/mol. The highest BCUT2D eigenvalue weighted by atomic mass is 16.2. The molecule has 0 heterocycles. The maximum absolute atomic E-state index is 8.55. The van der Waals surface area contributed by atoms with Gasteiger partial charge >= 0.3 is 0 Å². The highest BCUT2D eigenvalue weighted by Crippen LogP contribution is 2.23. The fourth-order valence-electron chi connectivity index (χ4n) is 1.49. The number of rotatable bonds is 1. The van der Waals surface area contributed by atoms with Crippen LogP contribution in [0, 0.1) is 11.8 Å². The summed E-state index contributed by atoms with van der Waals surface area (Å²) in [6, 6.07) is 6.37. The second kappa shape index (κ2) is 3.64. The second-order valence-electron chi connectivity index (χ2n) is 3.26. The molecule has 66 valence electrons. The molecule has 0 unspecified atom stereocenters. The summed E-state index contributed by atoms with van der Waals surface area (Å²) >= 11 is 0. The normalized spacial score (nSPS) is 12.4. The molecule has 2 rings (SSSR count). The van der Waals surface area contributed by atoms with Crippen LogP contribution in [0.5, 0.6) is 0 Å². The maximum atomic E-state index is 8.55. The zero-order chi connectivity index (χ0) is 9.10. The SMILES string of the molecule is OCCC#Cc1ccc2c(c1)CC2. The van der Waals surface area contributed by atoms with Gasteiger partial charge in [0.05, 0.1) is 6.61 Å². The quantitative estimate of drug-likeness (QED) is 0.637. The van der Waals surface area contributed by atoms with Crippen molar-refractivity contribution < 1.29 is 5.11 Å². The zero-order valence-electron chi connectivity index (χ0n) is 7.51. The number of hydrogen-bond acceptors (Lipinski definition) is 1. The molecule has 1 heteroatoms. The Kier molecular flexibility index (Phi) is 2.33. The van der Waals surface area contributed by atoms with Gasteiger partial charge in [-0.2, -0.15) is 0 Å². The molecule has 0 spiro atoms. The Morgan fingerprint density at radius 2 is 2.08 bits per heavy atom. The maximum Gasteiger partial charge on any atom is 0.0540 e. The summed E-state index contributed by atoms with van der Waals surface area (Å²) in [7, 11) is 0. The van der Waals surface area contributed by atoms with E-state index in [1.54, 1.807) is 0 Å². The van der Waals surface area contributed by atoms with Crippen LogP contribution in [0.3, 0.4) is 0 Å². The summed E-state index contributed by atoms with van der Waals surface area (Å²) in [4.78, 5) is 0. The Morgan fingerprint density at radius 1 is 1.23 bits per heavy atom. The topological polar surface area (TPSA) is 20.2 Å². The standard InChI is InChI=1S/C12H12O/c13-8-2-1-3-10-4-5-11-6-7-12(11)9-10/h4-5,9,13H,2,6-8H2. The lowest BCUT2D eigenvalue weighted by atomic mass is 9.87. The molecule has 0 aliphatic heterocycles. The molecule has 13 heavy (non-hydrogen) atoms. The van der Waals surface area contributed by atoms with Crippen molar-refractivity contribution in [3.63, 3.8) is 0 Å².